The summed E-state index contributed by atoms with van der Waals surface area (Å²) in [5, 5.41) is 2.74. The number of rotatable bonds is 2. The largest absolute Gasteiger partial charge is 0.324 e. The Morgan fingerprint density at radius 2 is 2.21 bits per heavy atom. The molecule has 0 radical (unpaired) electrons. The van der Waals surface area contributed by atoms with E-state index in [1.54, 1.807) is 6.92 Å². The van der Waals surface area contributed by atoms with Gasteiger partial charge in [0.2, 0.25) is 5.91 Å². The lowest BCUT2D eigenvalue weighted by atomic mass is 10.2. The Hall–Kier alpha value is -0.870. The molecule has 0 saturated heterocycles. The third-order valence-electron chi connectivity index (χ3n) is 1.79. The third kappa shape index (κ3) is 2.82. The third-order valence-corrected chi connectivity index (χ3v) is 2.48. The van der Waals surface area contributed by atoms with Gasteiger partial charge in [-0.3, -0.25) is 4.79 Å². The molecule has 3 N–H and O–H groups in total. The van der Waals surface area contributed by atoms with Crippen LogP contribution < -0.4 is 11.1 Å². The average Bonchev–Trinajstić information content (AvgIpc) is 2.11. The lowest BCUT2D eigenvalue weighted by molar-refractivity contribution is -0.117. The van der Waals surface area contributed by atoms with Crippen LogP contribution in [0.1, 0.15) is 12.5 Å². The van der Waals surface area contributed by atoms with Crippen LogP contribution in [0, 0.1) is 6.92 Å². The quantitative estimate of drug-likeness (QED) is 0.851. The van der Waals surface area contributed by atoms with Gasteiger partial charge in [-0.05, 0) is 47.5 Å². The number of nitrogens with one attached hydrogen (secondary N) is 1. The highest BCUT2D eigenvalue weighted by Crippen LogP contribution is 2.23. The van der Waals surface area contributed by atoms with Crippen molar-refractivity contribution in [2.45, 2.75) is 19.9 Å². The van der Waals surface area contributed by atoms with E-state index in [-0.39, 0.29) is 5.91 Å². The maximum absolute atomic E-state index is 11.3. The molecule has 1 unspecified atom stereocenters. The van der Waals surface area contributed by atoms with Crippen LogP contribution in [0.25, 0.3) is 0 Å². The maximum atomic E-state index is 11.3. The summed E-state index contributed by atoms with van der Waals surface area (Å²) in [4.78, 5) is 11.3. The van der Waals surface area contributed by atoms with Crippen molar-refractivity contribution in [3.63, 3.8) is 0 Å². The van der Waals surface area contributed by atoms with Gasteiger partial charge in [0.25, 0.3) is 0 Å². The Labute approximate surface area is 91.8 Å². The van der Waals surface area contributed by atoms with Crippen LogP contribution >= 0.6 is 15.9 Å². The van der Waals surface area contributed by atoms with Gasteiger partial charge in [-0.2, -0.15) is 0 Å². The smallest absolute Gasteiger partial charge is 0.241 e. The molecule has 1 aromatic carbocycles. The predicted octanol–water partition coefficient (Wildman–Crippen LogP) is 2.04. The van der Waals surface area contributed by atoms with E-state index in [4.69, 9.17) is 5.73 Å². The Morgan fingerprint density at radius 3 is 2.79 bits per heavy atom. The van der Waals surface area contributed by atoms with Gasteiger partial charge < -0.3 is 11.1 Å². The summed E-state index contributed by atoms with van der Waals surface area (Å²) in [7, 11) is 0. The minimum Gasteiger partial charge on any atom is -0.324 e. The summed E-state index contributed by atoms with van der Waals surface area (Å²) in [6.45, 7) is 3.62. The summed E-state index contributed by atoms with van der Waals surface area (Å²) in [5.74, 6) is -0.184. The molecule has 0 aromatic heterocycles. The molecule has 1 aromatic rings. The average molecular weight is 257 g/mol. The zero-order chi connectivity index (χ0) is 10.7. The molecule has 0 spiro atoms. The Morgan fingerprint density at radius 1 is 1.57 bits per heavy atom. The van der Waals surface area contributed by atoms with Gasteiger partial charge in [0.15, 0.2) is 0 Å². The van der Waals surface area contributed by atoms with Crippen LogP contribution in [0.15, 0.2) is 22.7 Å². The lowest BCUT2D eigenvalue weighted by Crippen LogP contribution is -2.32. The molecule has 4 heteroatoms. The second-order valence-corrected chi connectivity index (χ2v) is 4.12. The van der Waals surface area contributed by atoms with Gasteiger partial charge in [-0.15, -0.1) is 0 Å². The molecule has 76 valence electrons. The van der Waals surface area contributed by atoms with E-state index in [0.29, 0.717) is 0 Å². The van der Waals surface area contributed by atoms with E-state index in [9.17, 15) is 4.79 Å². The van der Waals surface area contributed by atoms with E-state index in [0.717, 1.165) is 15.7 Å². The monoisotopic (exact) mass is 256 g/mol. The second-order valence-electron chi connectivity index (χ2n) is 3.26. The number of benzene rings is 1. The summed E-state index contributed by atoms with van der Waals surface area (Å²) in [6, 6.07) is 5.25. The first-order valence-electron chi connectivity index (χ1n) is 4.33. The highest BCUT2D eigenvalue weighted by atomic mass is 79.9. The summed E-state index contributed by atoms with van der Waals surface area (Å²) in [6.07, 6.45) is 0. The molecule has 0 fully saturated rings. The van der Waals surface area contributed by atoms with Crippen molar-refractivity contribution in [3.8, 4) is 0 Å². The van der Waals surface area contributed by atoms with Gasteiger partial charge in [-0.25, -0.2) is 0 Å². The maximum Gasteiger partial charge on any atom is 0.241 e. The first-order chi connectivity index (χ1) is 6.50. The number of amides is 1. The van der Waals surface area contributed by atoms with Crippen LogP contribution in [-0.4, -0.2) is 11.9 Å². The Bertz CT molecular complexity index is 350. The lowest BCUT2D eigenvalue weighted by Gasteiger charge is -2.10. The normalized spacial score (nSPS) is 12.3. The number of anilines is 1. The van der Waals surface area contributed by atoms with Crippen molar-refractivity contribution in [1.29, 1.82) is 0 Å². The van der Waals surface area contributed by atoms with Crippen LogP contribution in [0.2, 0.25) is 0 Å². The second kappa shape index (κ2) is 4.57. The van der Waals surface area contributed by atoms with Crippen LogP contribution in [0.4, 0.5) is 5.69 Å². The van der Waals surface area contributed by atoms with Crippen molar-refractivity contribution < 1.29 is 4.79 Å². The van der Waals surface area contributed by atoms with Gasteiger partial charge in [0.1, 0.15) is 0 Å². The first kappa shape index (κ1) is 11.2. The van der Waals surface area contributed by atoms with Crippen LogP contribution in [0.3, 0.4) is 0 Å². The zero-order valence-electron chi connectivity index (χ0n) is 8.17. The molecule has 0 bridgehead atoms. The molecule has 3 nitrogen and oxygen atoms in total. The highest BCUT2D eigenvalue weighted by Gasteiger charge is 2.09. The van der Waals surface area contributed by atoms with Crippen molar-refractivity contribution >= 4 is 27.5 Å². The fourth-order valence-electron chi connectivity index (χ4n) is 0.981. The number of halogens is 1. The molecular formula is C10H13BrN2O. The fourth-order valence-corrected chi connectivity index (χ4v) is 1.33. The highest BCUT2D eigenvalue weighted by molar-refractivity contribution is 9.10. The fraction of sp³-hybridized carbons (Fsp3) is 0.300. The number of nitrogens with two attached hydrogens (primary N) is 1. The molecule has 14 heavy (non-hydrogen) atoms. The van der Waals surface area contributed by atoms with Gasteiger partial charge in [-0.1, -0.05) is 6.07 Å². The number of carbonyl (C=O) groups is 1. The standard InChI is InChI=1S/C10H13BrN2O/c1-6-3-4-8(11)9(5-6)13-10(14)7(2)12/h3-5,7H,12H2,1-2H3,(H,13,14). The SMILES string of the molecule is Cc1ccc(Br)c(NC(=O)C(C)N)c1. The van der Waals surface area contributed by atoms with Crippen molar-refractivity contribution in [2.24, 2.45) is 5.73 Å². The topological polar surface area (TPSA) is 55.1 Å². The van der Waals surface area contributed by atoms with Gasteiger partial charge in [0, 0.05) is 4.47 Å². The van der Waals surface area contributed by atoms with Crippen molar-refractivity contribution in [2.75, 3.05) is 5.32 Å². The van der Waals surface area contributed by atoms with Gasteiger partial charge in [0.05, 0.1) is 11.7 Å². The van der Waals surface area contributed by atoms with Crippen LogP contribution in [-0.2, 0) is 4.79 Å². The molecule has 0 aliphatic rings. The van der Waals surface area contributed by atoms with Crippen molar-refractivity contribution in [3.05, 3.63) is 28.2 Å². The molecule has 1 amide bonds. The zero-order valence-corrected chi connectivity index (χ0v) is 9.76. The minimum atomic E-state index is -0.498. The molecule has 1 rings (SSSR count). The number of aryl methyl sites for hydroxylation is 1. The van der Waals surface area contributed by atoms with E-state index < -0.39 is 6.04 Å². The van der Waals surface area contributed by atoms with Crippen molar-refractivity contribution in [1.82, 2.24) is 0 Å². The molecule has 1 atom stereocenters. The molecule has 0 aliphatic heterocycles. The van der Waals surface area contributed by atoms with Gasteiger partial charge >= 0.3 is 0 Å². The molecule has 0 saturated carbocycles. The van der Waals surface area contributed by atoms with E-state index >= 15 is 0 Å². The molecule has 0 aliphatic carbocycles. The van der Waals surface area contributed by atoms with Crippen LogP contribution in [0.5, 0.6) is 0 Å². The van der Waals surface area contributed by atoms with E-state index in [2.05, 4.69) is 21.2 Å². The predicted molar refractivity (Wildman–Crippen MR) is 61.2 cm³/mol. The number of hydrogen-bond acceptors (Lipinski definition) is 2. The minimum absolute atomic E-state index is 0.184. The number of hydrogen-bond donors (Lipinski definition) is 2. The first-order valence-corrected chi connectivity index (χ1v) is 5.12. The summed E-state index contributed by atoms with van der Waals surface area (Å²) in [5.41, 5.74) is 7.29. The Kier molecular flexibility index (Phi) is 3.66. The summed E-state index contributed by atoms with van der Waals surface area (Å²) >= 11 is 3.35. The molecule has 0 heterocycles. The van der Waals surface area contributed by atoms with E-state index in [1.807, 2.05) is 25.1 Å². The van der Waals surface area contributed by atoms with E-state index in [1.165, 1.54) is 0 Å². The Balaban J connectivity index is 2.86. The summed E-state index contributed by atoms with van der Waals surface area (Å²) < 4.78 is 0.858. The molecular weight excluding hydrogens is 244 g/mol. The number of carbonyl (C=O) groups excluding carboxylic acids is 1.